The fraction of sp³-hybridized carbons (Fsp3) is 0.581. The lowest BCUT2D eigenvalue weighted by atomic mass is 9.58. The summed E-state index contributed by atoms with van der Waals surface area (Å²) in [6, 6.07) is 2.11. The zero-order valence-corrected chi connectivity index (χ0v) is 26.1. The summed E-state index contributed by atoms with van der Waals surface area (Å²) in [6.07, 6.45) is -0.921. The zero-order chi connectivity index (χ0) is 32.7. The van der Waals surface area contributed by atoms with Gasteiger partial charge in [-0.15, -0.1) is 0 Å². The highest BCUT2D eigenvalue weighted by Gasteiger charge is 2.63. The van der Waals surface area contributed by atoms with Gasteiger partial charge in [0.1, 0.15) is 22.8 Å². The molecule has 1 unspecified atom stereocenters. The number of carbonyl (C=O) groups is 3. The molecule has 13 heteroatoms. The van der Waals surface area contributed by atoms with E-state index in [0.29, 0.717) is 24.2 Å². The standard InChI is InChI=1S/C31H42N2O11/c1-15(34)23-28(37)26(32(2)3)19-11-17-10-18-16(12-33(13-21(41-4)42-5)14-22(43-6)44-7)8-9-20(35)25(18)27(36)24(17)30(39)31(19,40)29(23)38/h8-9,17,19,21-22,26,35,37,39-40H,10-14H2,1-7H3/t17-,19-,26?,31+/m0/s1. The van der Waals surface area contributed by atoms with Gasteiger partial charge in [-0.05, 0) is 57.0 Å². The van der Waals surface area contributed by atoms with Crippen LogP contribution in [0.2, 0.25) is 0 Å². The Morgan fingerprint density at radius 2 is 1.57 bits per heavy atom. The summed E-state index contributed by atoms with van der Waals surface area (Å²) in [4.78, 5) is 43.5. The molecule has 0 heterocycles. The molecular formula is C31H42N2O11. The Labute approximate surface area is 256 Å². The zero-order valence-electron chi connectivity index (χ0n) is 26.1. The number of aliphatic hydroxyl groups is 3. The molecule has 1 aromatic carbocycles. The second-order valence-corrected chi connectivity index (χ2v) is 11.7. The summed E-state index contributed by atoms with van der Waals surface area (Å²) in [5, 5.41) is 45.3. The third kappa shape index (κ3) is 5.58. The van der Waals surface area contributed by atoms with Gasteiger partial charge in [0.15, 0.2) is 29.7 Å². The van der Waals surface area contributed by atoms with E-state index in [1.165, 1.54) is 34.5 Å². The number of methoxy groups -OCH3 is 4. The predicted octanol–water partition coefficient (Wildman–Crippen LogP) is 1.26. The second kappa shape index (κ2) is 13.1. The number of aromatic hydroxyl groups is 1. The summed E-state index contributed by atoms with van der Waals surface area (Å²) in [5.74, 6) is -6.02. The topological polar surface area (TPSA) is 176 Å². The number of nitrogens with zero attached hydrogens (tertiary/aromatic N) is 2. The smallest absolute Gasteiger partial charge is 0.209 e. The predicted molar refractivity (Wildman–Crippen MR) is 156 cm³/mol. The Morgan fingerprint density at radius 3 is 2.07 bits per heavy atom. The van der Waals surface area contributed by atoms with Crippen molar-refractivity contribution in [3.63, 3.8) is 0 Å². The minimum absolute atomic E-state index is 0.0363. The van der Waals surface area contributed by atoms with Crippen LogP contribution in [-0.2, 0) is 41.5 Å². The van der Waals surface area contributed by atoms with E-state index in [4.69, 9.17) is 18.9 Å². The molecule has 3 aliphatic rings. The molecule has 44 heavy (non-hydrogen) atoms. The van der Waals surface area contributed by atoms with Crippen LogP contribution in [0.1, 0.15) is 34.8 Å². The molecule has 0 radical (unpaired) electrons. The Balaban J connectivity index is 1.82. The summed E-state index contributed by atoms with van der Waals surface area (Å²) in [5.41, 5.74) is -2.18. The number of hydrogen-bond donors (Lipinski definition) is 4. The number of likely N-dealkylation sites (N-methyl/N-ethyl adjacent to an activating group) is 1. The van der Waals surface area contributed by atoms with E-state index in [-0.39, 0.29) is 36.3 Å². The maximum absolute atomic E-state index is 14.0. The first-order chi connectivity index (χ1) is 20.8. The lowest BCUT2D eigenvalue weighted by Crippen LogP contribution is -2.63. The number of fused-ring (bicyclic) bond motifs is 3. The quantitative estimate of drug-likeness (QED) is 0.195. The highest BCUT2D eigenvalue weighted by atomic mass is 16.7. The third-order valence-corrected chi connectivity index (χ3v) is 9.07. The molecule has 1 aromatic rings. The molecule has 0 saturated heterocycles. The van der Waals surface area contributed by atoms with Gasteiger partial charge in [0, 0.05) is 46.5 Å². The van der Waals surface area contributed by atoms with Gasteiger partial charge < -0.3 is 39.4 Å². The molecule has 3 aliphatic carbocycles. The summed E-state index contributed by atoms with van der Waals surface area (Å²) >= 11 is 0. The maximum atomic E-state index is 14.0. The SMILES string of the molecule is COC(CN(Cc1ccc(O)c2c1C[C@H]1C[C@H]3C(N(C)C)C(O)=C(C(C)=O)C(=O)[C@@]3(O)C(O)=C1C2=O)CC(OC)OC)OC. The van der Waals surface area contributed by atoms with Gasteiger partial charge in [-0.2, -0.15) is 0 Å². The monoisotopic (exact) mass is 618 g/mol. The molecular weight excluding hydrogens is 576 g/mol. The summed E-state index contributed by atoms with van der Waals surface area (Å²) < 4.78 is 21.6. The molecule has 0 saturated carbocycles. The number of ether oxygens (including phenoxy) is 4. The Bertz CT molecular complexity index is 1360. The Morgan fingerprint density at radius 1 is 1.00 bits per heavy atom. The van der Waals surface area contributed by atoms with Gasteiger partial charge in [-0.3, -0.25) is 24.2 Å². The van der Waals surface area contributed by atoms with Crippen LogP contribution in [0.5, 0.6) is 5.75 Å². The number of benzene rings is 1. The number of aliphatic hydroxyl groups excluding tert-OH is 2. The van der Waals surface area contributed by atoms with Crippen LogP contribution in [0.3, 0.4) is 0 Å². The van der Waals surface area contributed by atoms with Crippen molar-refractivity contribution < 1.29 is 53.8 Å². The lowest BCUT2D eigenvalue weighted by molar-refractivity contribution is -0.148. The second-order valence-electron chi connectivity index (χ2n) is 11.7. The molecule has 0 spiro atoms. The molecule has 4 rings (SSSR count). The van der Waals surface area contributed by atoms with Crippen LogP contribution >= 0.6 is 0 Å². The molecule has 0 amide bonds. The van der Waals surface area contributed by atoms with Crippen molar-refractivity contribution in [3.8, 4) is 5.75 Å². The number of carbonyl (C=O) groups excluding carboxylic acids is 3. The van der Waals surface area contributed by atoms with Gasteiger partial charge in [0.05, 0.1) is 24.7 Å². The molecule has 0 bridgehead atoms. The lowest BCUT2D eigenvalue weighted by Gasteiger charge is -2.50. The van der Waals surface area contributed by atoms with Crippen LogP contribution in [0.4, 0.5) is 0 Å². The first kappa shape index (κ1) is 33.7. The molecule has 0 aromatic heterocycles. The maximum Gasteiger partial charge on any atom is 0.209 e. The number of hydrogen-bond acceptors (Lipinski definition) is 13. The molecule has 0 fully saturated rings. The first-order valence-corrected chi connectivity index (χ1v) is 14.3. The van der Waals surface area contributed by atoms with Crippen LogP contribution in [0.25, 0.3) is 0 Å². The van der Waals surface area contributed by atoms with Crippen molar-refractivity contribution >= 4 is 17.3 Å². The fourth-order valence-corrected chi connectivity index (χ4v) is 6.92. The van der Waals surface area contributed by atoms with E-state index >= 15 is 0 Å². The van der Waals surface area contributed by atoms with Crippen LogP contribution < -0.4 is 0 Å². The van der Waals surface area contributed by atoms with Gasteiger partial charge in [-0.25, -0.2) is 0 Å². The van der Waals surface area contributed by atoms with Crippen LogP contribution in [0, 0.1) is 11.8 Å². The summed E-state index contributed by atoms with van der Waals surface area (Å²) in [7, 11) is 9.32. The molecule has 242 valence electrons. The number of Topliss-reactive ketones (excluding diaryl/α,β-unsaturated/α-hetero) is 3. The number of phenolic OH excluding ortho intramolecular Hbond substituents is 1. The molecule has 4 N–H and O–H groups in total. The number of allylic oxidation sites excluding steroid dienone is 1. The van der Waals surface area contributed by atoms with E-state index in [0.717, 1.165) is 6.92 Å². The van der Waals surface area contributed by atoms with Crippen molar-refractivity contribution in [2.24, 2.45) is 11.8 Å². The first-order valence-electron chi connectivity index (χ1n) is 14.3. The van der Waals surface area contributed by atoms with Crippen molar-refractivity contribution in [2.45, 2.75) is 50.5 Å². The normalized spacial score (nSPS) is 25.3. The average Bonchev–Trinajstić information content (AvgIpc) is 2.97. The van der Waals surface area contributed by atoms with Crippen molar-refractivity contribution in [1.29, 1.82) is 0 Å². The van der Waals surface area contributed by atoms with Gasteiger partial charge in [0.2, 0.25) is 5.78 Å². The number of phenols is 1. The molecule has 0 aliphatic heterocycles. The van der Waals surface area contributed by atoms with E-state index in [1.807, 2.05) is 4.90 Å². The third-order valence-electron chi connectivity index (χ3n) is 9.07. The number of rotatable bonds is 12. The minimum Gasteiger partial charge on any atom is -0.510 e. The van der Waals surface area contributed by atoms with E-state index in [2.05, 4.69) is 0 Å². The van der Waals surface area contributed by atoms with Crippen LogP contribution in [0.15, 0.2) is 34.8 Å². The highest BCUT2D eigenvalue weighted by Crippen LogP contribution is 2.52. The fourth-order valence-electron chi connectivity index (χ4n) is 6.92. The number of ketones is 3. The molecule has 13 nitrogen and oxygen atoms in total. The van der Waals surface area contributed by atoms with Crippen molar-refractivity contribution in [2.75, 3.05) is 55.6 Å². The molecule has 4 atom stereocenters. The average molecular weight is 619 g/mol. The highest BCUT2D eigenvalue weighted by molar-refractivity contribution is 6.25. The van der Waals surface area contributed by atoms with E-state index in [9.17, 15) is 34.8 Å². The largest absolute Gasteiger partial charge is 0.510 e. The van der Waals surface area contributed by atoms with Gasteiger partial charge >= 0.3 is 0 Å². The van der Waals surface area contributed by atoms with Gasteiger partial charge in [-0.1, -0.05) is 6.07 Å². The van der Waals surface area contributed by atoms with E-state index in [1.54, 1.807) is 25.1 Å². The Kier molecular flexibility index (Phi) is 10.0. The van der Waals surface area contributed by atoms with Crippen LogP contribution in [-0.4, -0.2) is 127 Å². The Hall–Kier alpha value is -3.17. The van der Waals surface area contributed by atoms with Crippen molar-refractivity contribution in [1.82, 2.24) is 9.80 Å². The summed E-state index contributed by atoms with van der Waals surface area (Å²) in [6.45, 7) is 2.02. The van der Waals surface area contributed by atoms with E-state index < -0.39 is 70.5 Å². The minimum atomic E-state index is -2.62. The van der Waals surface area contributed by atoms with Gasteiger partial charge in [0.25, 0.3) is 0 Å². The van der Waals surface area contributed by atoms with Crippen molar-refractivity contribution in [3.05, 3.63) is 51.5 Å².